The molecule has 1 aromatic heterocycles. The molecule has 0 fully saturated rings. The van der Waals surface area contributed by atoms with Gasteiger partial charge in [-0.05, 0) is 36.4 Å². The first kappa shape index (κ1) is 17.7. The highest BCUT2D eigenvalue weighted by Crippen LogP contribution is 2.18. The Kier molecular flexibility index (Phi) is 5.04. The fraction of sp³-hybridized carbons (Fsp3) is 0.105. The third-order valence-electron chi connectivity index (χ3n) is 3.72. The zero-order valence-corrected chi connectivity index (χ0v) is 14.7. The first-order valence-corrected chi connectivity index (χ1v) is 8.26. The van der Waals surface area contributed by atoms with Crippen LogP contribution in [-0.4, -0.2) is 16.4 Å². The summed E-state index contributed by atoms with van der Waals surface area (Å²) in [5, 5.41) is 6.36. The van der Waals surface area contributed by atoms with Gasteiger partial charge in [-0.3, -0.25) is 14.4 Å². The van der Waals surface area contributed by atoms with E-state index in [0.717, 1.165) is 0 Å². The molecule has 0 atom stereocenters. The molecule has 1 heterocycles. The maximum Gasteiger partial charge on any atom is 0.244 e. The molecule has 0 saturated carbocycles. The first-order valence-electron chi connectivity index (χ1n) is 7.88. The van der Waals surface area contributed by atoms with Gasteiger partial charge in [0.1, 0.15) is 6.54 Å². The molecule has 0 aliphatic heterocycles. The lowest BCUT2D eigenvalue weighted by Gasteiger charge is -2.12. The van der Waals surface area contributed by atoms with Crippen molar-refractivity contribution in [3.63, 3.8) is 0 Å². The van der Waals surface area contributed by atoms with Gasteiger partial charge in [-0.15, -0.1) is 0 Å². The Morgan fingerprint density at radius 3 is 2.50 bits per heavy atom. The normalized spacial score (nSPS) is 10.5. The number of fused-ring (bicyclic) bond motifs is 1. The molecule has 0 unspecified atom stereocenters. The van der Waals surface area contributed by atoms with Crippen LogP contribution in [0.25, 0.3) is 10.9 Å². The summed E-state index contributed by atoms with van der Waals surface area (Å²) in [6.45, 7) is 1.45. The summed E-state index contributed by atoms with van der Waals surface area (Å²) in [4.78, 5) is 35.5. The fourth-order valence-electron chi connectivity index (χ4n) is 2.65. The molecular weight excluding hydrogens is 354 g/mol. The number of pyridine rings is 1. The Morgan fingerprint density at radius 1 is 1.04 bits per heavy atom. The second-order valence-electron chi connectivity index (χ2n) is 5.78. The second-order valence-corrected chi connectivity index (χ2v) is 6.22. The SMILES string of the molecule is CC(=O)Nc1cccc(NC(=O)Cn2ccc(=O)c3cc(Cl)ccc32)c1. The van der Waals surface area contributed by atoms with Gasteiger partial charge >= 0.3 is 0 Å². The molecule has 7 heteroatoms. The predicted octanol–water partition coefficient (Wildman–Crippen LogP) is 3.25. The summed E-state index contributed by atoms with van der Waals surface area (Å²) in [6, 6.07) is 13.2. The average molecular weight is 370 g/mol. The monoisotopic (exact) mass is 369 g/mol. The van der Waals surface area contributed by atoms with Crippen molar-refractivity contribution in [2.75, 3.05) is 10.6 Å². The van der Waals surface area contributed by atoms with Crippen LogP contribution in [0.5, 0.6) is 0 Å². The Hall–Kier alpha value is -3.12. The lowest BCUT2D eigenvalue weighted by Crippen LogP contribution is -2.20. The Labute approximate surface area is 154 Å². The van der Waals surface area contributed by atoms with E-state index in [1.165, 1.54) is 13.0 Å². The number of carbonyl (C=O) groups is 2. The zero-order chi connectivity index (χ0) is 18.7. The minimum Gasteiger partial charge on any atom is -0.338 e. The molecule has 26 heavy (non-hydrogen) atoms. The van der Waals surface area contributed by atoms with Gasteiger partial charge in [0, 0.05) is 41.0 Å². The van der Waals surface area contributed by atoms with Crippen molar-refractivity contribution in [3.8, 4) is 0 Å². The van der Waals surface area contributed by atoms with Crippen molar-refractivity contribution in [1.29, 1.82) is 0 Å². The van der Waals surface area contributed by atoms with E-state index in [2.05, 4.69) is 10.6 Å². The number of halogens is 1. The van der Waals surface area contributed by atoms with Gasteiger partial charge in [-0.2, -0.15) is 0 Å². The number of hydrogen-bond donors (Lipinski definition) is 2. The molecule has 2 amide bonds. The van der Waals surface area contributed by atoms with E-state index >= 15 is 0 Å². The highest BCUT2D eigenvalue weighted by Gasteiger charge is 2.08. The lowest BCUT2D eigenvalue weighted by atomic mass is 10.2. The number of rotatable bonds is 4. The third kappa shape index (κ3) is 4.10. The minimum absolute atomic E-state index is 0.0305. The largest absolute Gasteiger partial charge is 0.338 e. The number of amides is 2. The summed E-state index contributed by atoms with van der Waals surface area (Å²) < 4.78 is 1.68. The number of anilines is 2. The first-order chi connectivity index (χ1) is 12.4. The molecule has 0 bridgehead atoms. The van der Waals surface area contributed by atoms with Crippen LogP contribution in [0.15, 0.2) is 59.5 Å². The third-order valence-corrected chi connectivity index (χ3v) is 3.96. The summed E-state index contributed by atoms with van der Waals surface area (Å²) in [5.41, 5.74) is 1.64. The van der Waals surface area contributed by atoms with Gasteiger partial charge in [-0.1, -0.05) is 17.7 Å². The number of nitrogens with zero attached hydrogens (tertiary/aromatic N) is 1. The molecular formula is C19H16ClN3O3. The molecule has 0 aliphatic carbocycles. The average Bonchev–Trinajstić information content (AvgIpc) is 2.57. The molecule has 0 aliphatic rings. The Morgan fingerprint density at radius 2 is 1.77 bits per heavy atom. The van der Waals surface area contributed by atoms with Crippen LogP contribution in [0.2, 0.25) is 5.02 Å². The number of aromatic nitrogens is 1. The molecule has 0 saturated heterocycles. The maximum absolute atomic E-state index is 12.4. The minimum atomic E-state index is -0.259. The van der Waals surface area contributed by atoms with Crippen LogP contribution in [-0.2, 0) is 16.1 Å². The number of benzene rings is 2. The number of carbonyl (C=O) groups excluding carboxylic acids is 2. The summed E-state index contributed by atoms with van der Waals surface area (Å²) in [7, 11) is 0. The molecule has 132 valence electrons. The van der Waals surface area contributed by atoms with E-state index in [4.69, 9.17) is 11.6 Å². The van der Waals surface area contributed by atoms with Crippen molar-refractivity contribution >= 4 is 45.7 Å². The highest BCUT2D eigenvalue weighted by atomic mass is 35.5. The Bertz CT molecular complexity index is 1060. The van der Waals surface area contributed by atoms with Crippen molar-refractivity contribution in [2.45, 2.75) is 13.5 Å². The van der Waals surface area contributed by atoms with Gasteiger partial charge in [-0.25, -0.2) is 0 Å². The molecule has 3 rings (SSSR count). The summed E-state index contributed by atoms with van der Waals surface area (Å²) in [6.07, 6.45) is 1.58. The van der Waals surface area contributed by atoms with E-state index in [1.54, 1.807) is 53.2 Å². The van der Waals surface area contributed by atoms with Crippen molar-refractivity contribution in [1.82, 2.24) is 4.57 Å². The fourth-order valence-corrected chi connectivity index (χ4v) is 2.83. The van der Waals surface area contributed by atoms with Crippen LogP contribution < -0.4 is 16.1 Å². The maximum atomic E-state index is 12.4. The topological polar surface area (TPSA) is 80.2 Å². The van der Waals surface area contributed by atoms with Gasteiger partial charge in [0.15, 0.2) is 5.43 Å². The standard InChI is InChI=1S/C19H16ClN3O3/c1-12(24)21-14-3-2-4-15(10-14)22-19(26)11-23-8-7-18(25)16-9-13(20)5-6-17(16)23/h2-10H,11H2,1H3,(H,21,24)(H,22,26). The lowest BCUT2D eigenvalue weighted by molar-refractivity contribution is -0.116. The number of nitrogens with one attached hydrogen (secondary N) is 2. The van der Waals surface area contributed by atoms with E-state index in [1.807, 2.05) is 0 Å². The highest BCUT2D eigenvalue weighted by molar-refractivity contribution is 6.31. The molecule has 2 N–H and O–H groups in total. The van der Waals surface area contributed by atoms with E-state index in [-0.39, 0.29) is 23.8 Å². The molecule has 2 aromatic carbocycles. The van der Waals surface area contributed by atoms with Crippen LogP contribution >= 0.6 is 11.6 Å². The second kappa shape index (κ2) is 7.41. The van der Waals surface area contributed by atoms with Crippen LogP contribution in [0.4, 0.5) is 11.4 Å². The predicted molar refractivity (Wildman–Crippen MR) is 103 cm³/mol. The Balaban J connectivity index is 1.81. The van der Waals surface area contributed by atoms with Crippen LogP contribution in [0.1, 0.15) is 6.92 Å². The zero-order valence-electron chi connectivity index (χ0n) is 14.0. The van der Waals surface area contributed by atoms with Crippen molar-refractivity contribution in [3.05, 3.63) is 70.0 Å². The smallest absolute Gasteiger partial charge is 0.244 e. The van der Waals surface area contributed by atoms with Crippen molar-refractivity contribution in [2.24, 2.45) is 0 Å². The molecule has 3 aromatic rings. The van der Waals surface area contributed by atoms with Crippen LogP contribution in [0, 0.1) is 0 Å². The van der Waals surface area contributed by atoms with Gasteiger partial charge < -0.3 is 15.2 Å². The summed E-state index contributed by atoms with van der Waals surface area (Å²) in [5.74, 6) is -0.447. The van der Waals surface area contributed by atoms with Gasteiger partial charge in [0.25, 0.3) is 0 Å². The van der Waals surface area contributed by atoms with Gasteiger partial charge in [0.2, 0.25) is 11.8 Å². The molecule has 0 radical (unpaired) electrons. The summed E-state index contributed by atoms with van der Waals surface area (Å²) >= 11 is 5.95. The van der Waals surface area contributed by atoms with E-state index < -0.39 is 0 Å². The number of hydrogen-bond acceptors (Lipinski definition) is 3. The van der Waals surface area contributed by atoms with E-state index in [9.17, 15) is 14.4 Å². The quantitative estimate of drug-likeness (QED) is 0.740. The molecule has 0 spiro atoms. The van der Waals surface area contributed by atoms with Crippen molar-refractivity contribution < 1.29 is 9.59 Å². The van der Waals surface area contributed by atoms with Gasteiger partial charge in [0.05, 0.1) is 5.52 Å². The van der Waals surface area contributed by atoms with Crippen LogP contribution in [0.3, 0.4) is 0 Å². The van der Waals surface area contributed by atoms with E-state index in [0.29, 0.717) is 27.3 Å². The molecule has 6 nitrogen and oxygen atoms in total.